The molecule has 0 aliphatic heterocycles. The Morgan fingerprint density at radius 2 is 1.96 bits per heavy atom. The Bertz CT molecular complexity index is 807. The largest absolute Gasteiger partial charge is 0.493 e. The average Bonchev–Trinajstić information content (AvgIpc) is 2.91. The standard InChI is InChI=1S/C15H14F2N2O4S/c1-6-12(15(21)22)24-14(19-6)7(2)18-13(20)10-8(16)4-5-9(17)11(10)23-3/h4-5,7H,1-3H3,(H,18,20)(H,21,22). The van der Waals surface area contributed by atoms with Gasteiger partial charge in [0.2, 0.25) is 0 Å². The Labute approximate surface area is 140 Å². The van der Waals surface area contributed by atoms with E-state index in [-0.39, 0.29) is 4.88 Å². The molecule has 9 heteroatoms. The van der Waals surface area contributed by atoms with E-state index in [1.807, 2.05) is 0 Å². The van der Waals surface area contributed by atoms with Crippen LogP contribution in [0.2, 0.25) is 0 Å². The minimum absolute atomic E-state index is 0.0561. The number of aryl methyl sites for hydroxylation is 1. The summed E-state index contributed by atoms with van der Waals surface area (Å²) in [7, 11) is 1.13. The lowest BCUT2D eigenvalue weighted by atomic mass is 10.1. The number of methoxy groups -OCH3 is 1. The number of hydrogen-bond donors (Lipinski definition) is 2. The maximum Gasteiger partial charge on any atom is 0.347 e. The fraction of sp³-hybridized carbons (Fsp3) is 0.267. The number of amides is 1. The number of nitrogens with zero attached hydrogens (tertiary/aromatic N) is 1. The molecule has 0 saturated carbocycles. The van der Waals surface area contributed by atoms with E-state index in [2.05, 4.69) is 10.3 Å². The minimum Gasteiger partial charge on any atom is -0.493 e. The number of ether oxygens (including phenoxy) is 1. The van der Waals surface area contributed by atoms with E-state index in [0.29, 0.717) is 10.7 Å². The zero-order chi connectivity index (χ0) is 18.0. The van der Waals surface area contributed by atoms with Crippen molar-refractivity contribution in [2.24, 2.45) is 0 Å². The number of aromatic nitrogens is 1. The fourth-order valence-electron chi connectivity index (χ4n) is 2.08. The number of rotatable bonds is 5. The van der Waals surface area contributed by atoms with Gasteiger partial charge in [-0.1, -0.05) is 0 Å². The van der Waals surface area contributed by atoms with Crippen LogP contribution in [0.1, 0.15) is 43.7 Å². The van der Waals surface area contributed by atoms with Crippen molar-refractivity contribution in [2.45, 2.75) is 19.9 Å². The van der Waals surface area contributed by atoms with Crippen molar-refractivity contribution in [3.05, 3.63) is 44.9 Å². The highest BCUT2D eigenvalue weighted by Crippen LogP contribution is 2.27. The maximum atomic E-state index is 13.9. The molecule has 1 aromatic heterocycles. The molecule has 2 N–H and O–H groups in total. The molecular weight excluding hydrogens is 342 g/mol. The number of carbonyl (C=O) groups excluding carboxylic acids is 1. The third-order valence-corrected chi connectivity index (χ3v) is 4.54. The molecule has 24 heavy (non-hydrogen) atoms. The second kappa shape index (κ2) is 6.91. The van der Waals surface area contributed by atoms with Crippen LogP contribution in [0.4, 0.5) is 8.78 Å². The van der Waals surface area contributed by atoms with Crippen LogP contribution in [-0.4, -0.2) is 29.1 Å². The summed E-state index contributed by atoms with van der Waals surface area (Å²) in [5.74, 6) is -4.30. The summed E-state index contributed by atoms with van der Waals surface area (Å²) in [5, 5.41) is 11.8. The molecule has 0 bridgehead atoms. The van der Waals surface area contributed by atoms with Crippen molar-refractivity contribution in [1.82, 2.24) is 10.3 Å². The molecule has 6 nitrogen and oxygen atoms in total. The van der Waals surface area contributed by atoms with E-state index in [0.717, 1.165) is 30.6 Å². The summed E-state index contributed by atoms with van der Waals surface area (Å²) in [4.78, 5) is 27.5. The smallest absolute Gasteiger partial charge is 0.347 e. The number of hydrogen-bond acceptors (Lipinski definition) is 5. The first-order valence-corrected chi connectivity index (χ1v) is 7.61. The molecule has 128 valence electrons. The van der Waals surface area contributed by atoms with Crippen LogP contribution in [0.25, 0.3) is 0 Å². The topological polar surface area (TPSA) is 88.5 Å². The average molecular weight is 356 g/mol. The van der Waals surface area contributed by atoms with E-state index < -0.39 is 40.9 Å². The van der Waals surface area contributed by atoms with E-state index >= 15 is 0 Å². The lowest BCUT2D eigenvalue weighted by Crippen LogP contribution is -2.28. The quantitative estimate of drug-likeness (QED) is 0.860. The highest BCUT2D eigenvalue weighted by Gasteiger charge is 2.25. The van der Waals surface area contributed by atoms with Crippen molar-refractivity contribution in [3.63, 3.8) is 0 Å². The third kappa shape index (κ3) is 3.35. The van der Waals surface area contributed by atoms with Gasteiger partial charge in [0, 0.05) is 0 Å². The van der Waals surface area contributed by atoms with Gasteiger partial charge in [-0.25, -0.2) is 18.6 Å². The summed E-state index contributed by atoms with van der Waals surface area (Å²) in [5.41, 5.74) is -0.241. The Morgan fingerprint density at radius 3 is 2.50 bits per heavy atom. The molecule has 1 aromatic carbocycles. The lowest BCUT2D eigenvalue weighted by molar-refractivity contribution is 0.0700. The van der Waals surface area contributed by atoms with Gasteiger partial charge in [-0.05, 0) is 26.0 Å². The molecule has 0 spiro atoms. The number of carboxylic acids is 1. The predicted octanol–water partition coefficient (Wildman–Crippen LogP) is 2.93. The van der Waals surface area contributed by atoms with Gasteiger partial charge in [0.15, 0.2) is 11.6 Å². The van der Waals surface area contributed by atoms with Crippen molar-refractivity contribution in [1.29, 1.82) is 0 Å². The molecule has 1 atom stereocenters. The van der Waals surface area contributed by atoms with Crippen LogP contribution < -0.4 is 10.1 Å². The number of carbonyl (C=O) groups is 2. The molecule has 2 aromatic rings. The number of halogens is 2. The second-order valence-electron chi connectivity index (χ2n) is 4.90. The maximum absolute atomic E-state index is 13.9. The minimum atomic E-state index is -1.12. The van der Waals surface area contributed by atoms with Crippen LogP contribution in [0, 0.1) is 18.6 Å². The number of aromatic carboxylic acids is 1. The number of benzene rings is 1. The number of nitrogens with one attached hydrogen (secondary N) is 1. The number of thiazole rings is 1. The van der Waals surface area contributed by atoms with Crippen molar-refractivity contribution >= 4 is 23.2 Å². The fourth-order valence-corrected chi connectivity index (χ4v) is 2.98. The Morgan fingerprint density at radius 1 is 1.33 bits per heavy atom. The molecule has 1 unspecified atom stereocenters. The van der Waals surface area contributed by atoms with Crippen LogP contribution in [0.5, 0.6) is 5.75 Å². The summed E-state index contributed by atoms with van der Waals surface area (Å²) < 4.78 is 32.3. The highest BCUT2D eigenvalue weighted by molar-refractivity contribution is 7.13. The third-order valence-electron chi connectivity index (χ3n) is 3.22. The van der Waals surface area contributed by atoms with Crippen LogP contribution in [0.3, 0.4) is 0 Å². The van der Waals surface area contributed by atoms with Crippen LogP contribution >= 0.6 is 11.3 Å². The van der Waals surface area contributed by atoms with Crippen molar-refractivity contribution in [3.8, 4) is 5.75 Å². The zero-order valence-corrected chi connectivity index (χ0v) is 13.8. The molecule has 0 saturated heterocycles. The Kier molecular flexibility index (Phi) is 5.13. The van der Waals surface area contributed by atoms with E-state index in [4.69, 9.17) is 9.84 Å². The summed E-state index contributed by atoms with van der Waals surface area (Å²) in [6.45, 7) is 3.10. The van der Waals surface area contributed by atoms with Gasteiger partial charge in [0.05, 0.1) is 18.8 Å². The molecule has 1 amide bonds. The van der Waals surface area contributed by atoms with Gasteiger partial charge in [-0.15, -0.1) is 11.3 Å². The van der Waals surface area contributed by atoms with E-state index in [1.165, 1.54) is 6.92 Å². The summed E-state index contributed by atoms with van der Waals surface area (Å²) in [6, 6.07) is 0.993. The molecule has 1 heterocycles. The first kappa shape index (κ1) is 17.8. The Hall–Kier alpha value is -2.55. The van der Waals surface area contributed by atoms with Gasteiger partial charge < -0.3 is 15.2 Å². The number of carboxylic acid groups (broad SMARTS) is 1. The Balaban J connectivity index is 2.29. The molecule has 0 aliphatic carbocycles. The normalized spacial score (nSPS) is 11.9. The van der Waals surface area contributed by atoms with Crippen molar-refractivity contribution < 1.29 is 28.2 Å². The summed E-state index contributed by atoms with van der Waals surface area (Å²) >= 11 is 0.906. The van der Waals surface area contributed by atoms with Gasteiger partial charge in [0.1, 0.15) is 21.3 Å². The molecule has 0 fully saturated rings. The molecule has 0 aliphatic rings. The SMILES string of the molecule is COc1c(F)ccc(F)c1C(=O)NC(C)c1nc(C)c(C(=O)O)s1. The molecule has 0 radical (unpaired) electrons. The van der Waals surface area contributed by atoms with Gasteiger partial charge >= 0.3 is 5.97 Å². The first-order valence-electron chi connectivity index (χ1n) is 6.79. The van der Waals surface area contributed by atoms with Crippen LogP contribution in [0.15, 0.2) is 12.1 Å². The second-order valence-corrected chi connectivity index (χ2v) is 5.94. The zero-order valence-electron chi connectivity index (χ0n) is 13.0. The van der Waals surface area contributed by atoms with E-state index in [9.17, 15) is 18.4 Å². The molecular formula is C15H14F2N2O4S. The van der Waals surface area contributed by atoms with E-state index in [1.54, 1.807) is 6.92 Å². The van der Waals surface area contributed by atoms with Gasteiger partial charge in [-0.2, -0.15) is 0 Å². The van der Waals surface area contributed by atoms with Gasteiger partial charge in [-0.3, -0.25) is 4.79 Å². The molecule has 2 rings (SSSR count). The first-order chi connectivity index (χ1) is 11.3. The monoisotopic (exact) mass is 356 g/mol. The van der Waals surface area contributed by atoms with Crippen molar-refractivity contribution in [2.75, 3.05) is 7.11 Å². The van der Waals surface area contributed by atoms with Crippen LogP contribution in [-0.2, 0) is 0 Å². The van der Waals surface area contributed by atoms with Gasteiger partial charge in [0.25, 0.3) is 5.91 Å². The lowest BCUT2D eigenvalue weighted by Gasteiger charge is -2.14. The predicted molar refractivity (Wildman–Crippen MR) is 82.6 cm³/mol. The highest BCUT2D eigenvalue weighted by atomic mass is 32.1. The summed E-state index contributed by atoms with van der Waals surface area (Å²) in [6.07, 6.45) is 0.